The Bertz CT molecular complexity index is 517. The summed E-state index contributed by atoms with van der Waals surface area (Å²) < 4.78 is 5.33. The van der Waals surface area contributed by atoms with E-state index in [0.29, 0.717) is 0 Å². The zero-order valence-electron chi connectivity index (χ0n) is 11.7. The van der Waals surface area contributed by atoms with Crippen molar-refractivity contribution >= 4 is 11.3 Å². The second-order valence-corrected chi connectivity index (χ2v) is 5.78. The SMILES string of the molecule is COc1ccccc1CNCCc1nc(C)c(C)s1. The van der Waals surface area contributed by atoms with Crippen molar-refractivity contribution in [3.05, 3.63) is 45.4 Å². The highest BCUT2D eigenvalue weighted by Gasteiger charge is 2.04. The van der Waals surface area contributed by atoms with Gasteiger partial charge in [-0.2, -0.15) is 0 Å². The molecule has 1 aromatic heterocycles. The third-order valence-corrected chi connectivity index (χ3v) is 4.23. The van der Waals surface area contributed by atoms with Crippen LogP contribution in [0.3, 0.4) is 0 Å². The Hall–Kier alpha value is -1.39. The number of rotatable bonds is 6. The van der Waals surface area contributed by atoms with Crippen molar-refractivity contribution in [2.75, 3.05) is 13.7 Å². The Balaban J connectivity index is 1.80. The van der Waals surface area contributed by atoms with E-state index in [1.54, 1.807) is 18.4 Å². The number of methoxy groups -OCH3 is 1. The van der Waals surface area contributed by atoms with E-state index in [1.807, 2.05) is 18.2 Å². The first-order chi connectivity index (χ1) is 9.20. The van der Waals surface area contributed by atoms with Crippen LogP contribution < -0.4 is 10.1 Å². The smallest absolute Gasteiger partial charge is 0.123 e. The summed E-state index contributed by atoms with van der Waals surface area (Å²) in [5.41, 5.74) is 2.35. The standard InChI is InChI=1S/C15H20N2OS/c1-11-12(2)19-15(17-11)8-9-16-10-13-6-4-5-7-14(13)18-3/h4-7,16H,8-10H2,1-3H3. The minimum atomic E-state index is 0.827. The minimum absolute atomic E-state index is 0.827. The topological polar surface area (TPSA) is 34.1 Å². The molecule has 0 saturated heterocycles. The lowest BCUT2D eigenvalue weighted by molar-refractivity contribution is 0.408. The van der Waals surface area contributed by atoms with Gasteiger partial charge in [0.1, 0.15) is 5.75 Å². The van der Waals surface area contributed by atoms with Crippen molar-refractivity contribution in [1.29, 1.82) is 0 Å². The fourth-order valence-electron chi connectivity index (χ4n) is 1.91. The van der Waals surface area contributed by atoms with Crippen molar-refractivity contribution in [1.82, 2.24) is 10.3 Å². The molecule has 0 atom stereocenters. The average Bonchev–Trinajstić information content (AvgIpc) is 2.74. The highest BCUT2D eigenvalue weighted by Crippen LogP contribution is 2.18. The first-order valence-electron chi connectivity index (χ1n) is 6.46. The number of para-hydroxylation sites is 1. The summed E-state index contributed by atoms with van der Waals surface area (Å²) in [4.78, 5) is 5.86. The van der Waals surface area contributed by atoms with E-state index in [2.05, 4.69) is 30.2 Å². The van der Waals surface area contributed by atoms with Gasteiger partial charge in [-0.3, -0.25) is 0 Å². The van der Waals surface area contributed by atoms with Gasteiger partial charge in [-0.1, -0.05) is 18.2 Å². The van der Waals surface area contributed by atoms with Crippen molar-refractivity contribution in [2.24, 2.45) is 0 Å². The van der Waals surface area contributed by atoms with E-state index >= 15 is 0 Å². The van der Waals surface area contributed by atoms with E-state index in [4.69, 9.17) is 4.74 Å². The van der Waals surface area contributed by atoms with Gasteiger partial charge in [0, 0.05) is 30.0 Å². The molecule has 1 N–H and O–H groups in total. The van der Waals surface area contributed by atoms with Crippen LogP contribution in [0.2, 0.25) is 0 Å². The molecular formula is C15H20N2OS. The van der Waals surface area contributed by atoms with Gasteiger partial charge in [0.2, 0.25) is 0 Å². The molecule has 0 unspecified atom stereocenters. The number of benzene rings is 1. The monoisotopic (exact) mass is 276 g/mol. The predicted molar refractivity (Wildman–Crippen MR) is 80.0 cm³/mol. The molecule has 0 amide bonds. The maximum Gasteiger partial charge on any atom is 0.123 e. The van der Waals surface area contributed by atoms with Gasteiger partial charge in [-0.15, -0.1) is 11.3 Å². The Morgan fingerprint density at radius 2 is 2.05 bits per heavy atom. The molecule has 102 valence electrons. The molecule has 0 aliphatic carbocycles. The number of aryl methyl sites for hydroxylation is 2. The molecule has 0 bridgehead atoms. The fraction of sp³-hybridized carbons (Fsp3) is 0.400. The van der Waals surface area contributed by atoms with Crippen LogP contribution in [-0.2, 0) is 13.0 Å². The molecule has 3 nitrogen and oxygen atoms in total. The molecule has 4 heteroatoms. The van der Waals surface area contributed by atoms with Crippen LogP contribution in [0.1, 0.15) is 21.1 Å². The molecule has 0 saturated carbocycles. The van der Waals surface area contributed by atoms with Crippen LogP contribution in [0.5, 0.6) is 5.75 Å². The van der Waals surface area contributed by atoms with Gasteiger partial charge in [-0.25, -0.2) is 4.98 Å². The van der Waals surface area contributed by atoms with E-state index in [1.165, 1.54) is 15.4 Å². The van der Waals surface area contributed by atoms with Crippen LogP contribution in [0.25, 0.3) is 0 Å². The van der Waals surface area contributed by atoms with E-state index in [-0.39, 0.29) is 0 Å². The Kier molecular flexibility index (Phi) is 4.93. The Morgan fingerprint density at radius 3 is 2.74 bits per heavy atom. The lowest BCUT2D eigenvalue weighted by atomic mass is 10.2. The van der Waals surface area contributed by atoms with Gasteiger partial charge in [0.25, 0.3) is 0 Å². The van der Waals surface area contributed by atoms with Crippen molar-refractivity contribution < 1.29 is 4.74 Å². The zero-order valence-corrected chi connectivity index (χ0v) is 12.5. The highest BCUT2D eigenvalue weighted by atomic mass is 32.1. The predicted octanol–water partition coefficient (Wildman–Crippen LogP) is 3.10. The molecule has 0 spiro atoms. The normalized spacial score (nSPS) is 10.7. The fourth-order valence-corrected chi connectivity index (χ4v) is 2.85. The number of thiazole rings is 1. The van der Waals surface area contributed by atoms with Gasteiger partial charge >= 0.3 is 0 Å². The molecule has 1 heterocycles. The number of ether oxygens (including phenoxy) is 1. The Labute approximate surface area is 118 Å². The lowest BCUT2D eigenvalue weighted by Gasteiger charge is -2.08. The highest BCUT2D eigenvalue weighted by molar-refractivity contribution is 7.11. The third kappa shape index (κ3) is 3.78. The van der Waals surface area contributed by atoms with Gasteiger partial charge in [-0.05, 0) is 19.9 Å². The average molecular weight is 276 g/mol. The molecule has 2 aromatic rings. The lowest BCUT2D eigenvalue weighted by Crippen LogP contribution is -2.17. The van der Waals surface area contributed by atoms with E-state index in [9.17, 15) is 0 Å². The third-order valence-electron chi connectivity index (χ3n) is 3.10. The van der Waals surface area contributed by atoms with Crippen molar-refractivity contribution in [2.45, 2.75) is 26.8 Å². The van der Waals surface area contributed by atoms with Gasteiger partial charge in [0.15, 0.2) is 0 Å². The van der Waals surface area contributed by atoms with Crippen molar-refractivity contribution in [3.8, 4) is 5.75 Å². The van der Waals surface area contributed by atoms with Crippen LogP contribution in [-0.4, -0.2) is 18.6 Å². The summed E-state index contributed by atoms with van der Waals surface area (Å²) in [6, 6.07) is 8.10. The number of hydrogen-bond donors (Lipinski definition) is 1. The molecule has 0 radical (unpaired) electrons. The quantitative estimate of drug-likeness (QED) is 0.823. The molecule has 0 aliphatic heterocycles. The molecule has 19 heavy (non-hydrogen) atoms. The van der Waals surface area contributed by atoms with Crippen LogP contribution in [0, 0.1) is 13.8 Å². The maximum atomic E-state index is 5.33. The second kappa shape index (κ2) is 6.68. The molecule has 0 fully saturated rings. The summed E-state index contributed by atoms with van der Waals surface area (Å²) in [6.07, 6.45) is 0.981. The summed E-state index contributed by atoms with van der Waals surface area (Å²) in [5, 5.41) is 4.65. The summed E-state index contributed by atoms with van der Waals surface area (Å²) in [7, 11) is 1.71. The van der Waals surface area contributed by atoms with E-state index in [0.717, 1.165) is 31.0 Å². The van der Waals surface area contributed by atoms with Crippen LogP contribution in [0.4, 0.5) is 0 Å². The zero-order chi connectivity index (χ0) is 13.7. The largest absolute Gasteiger partial charge is 0.496 e. The number of hydrogen-bond acceptors (Lipinski definition) is 4. The maximum absolute atomic E-state index is 5.33. The number of nitrogens with zero attached hydrogens (tertiary/aromatic N) is 1. The first kappa shape index (κ1) is 14.0. The summed E-state index contributed by atoms with van der Waals surface area (Å²) in [5.74, 6) is 0.941. The summed E-state index contributed by atoms with van der Waals surface area (Å²) >= 11 is 1.79. The van der Waals surface area contributed by atoms with Gasteiger partial charge < -0.3 is 10.1 Å². The van der Waals surface area contributed by atoms with Crippen LogP contribution in [0.15, 0.2) is 24.3 Å². The van der Waals surface area contributed by atoms with E-state index < -0.39 is 0 Å². The minimum Gasteiger partial charge on any atom is -0.496 e. The van der Waals surface area contributed by atoms with Crippen LogP contribution >= 0.6 is 11.3 Å². The first-order valence-corrected chi connectivity index (χ1v) is 7.28. The molecule has 1 aromatic carbocycles. The molecule has 2 rings (SSSR count). The molecule has 0 aliphatic rings. The molecular weight excluding hydrogens is 256 g/mol. The second-order valence-electron chi connectivity index (χ2n) is 4.49. The summed E-state index contributed by atoms with van der Waals surface area (Å²) in [6.45, 7) is 5.95. The van der Waals surface area contributed by atoms with Crippen molar-refractivity contribution in [3.63, 3.8) is 0 Å². The Morgan fingerprint density at radius 1 is 1.26 bits per heavy atom. The number of aromatic nitrogens is 1. The number of nitrogens with one attached hydrogen (secondary N) is 1. The van der Waals surface area contributed by atoms with Gasteiger partial charge in [0.05, 0.1) is 17.8 Å².